The summed E-state index contributed by atoms with van der Waals surface area (Å²) in [5.41, 5.74) is 10.3. The van der Waals surface area contributed by atoms with E-state index in [9.17, 15) is 9.18 Å². The average Bonchev–Trinajstić information content (AvgIpc) is 1.85. The van der Waals surface area contributed by atoms with Gasteiger partial charge in [0.1, 0.15) is 11.9 Å². The van der Waals surface area contributed by atoms with Crippen LogP contribution in [0.5, 0.6) is 0 Å². The number of dihydropyridines is 1. The maximum absolute atomic E-state index is 12.4. The van der Waals surface area contributed by atoms with Crippen LogP contribution >= 0.6 is 0 Å². The molecule has 1 atom stereocenters. The summed E-state index contributed by atoms with van der Waals surface area (Å²) in [5, 5.41) is 2.41. The Hall–Kier alpha value is -1.52. The van der Waals surface area contributed by atoms with E-state index in [1.807, 2.05) is 0 Å². The zero-order chi connectivity index (χ0) is 8.43. The van der Waals surface area contributed by atoms with E-state index in [-0.39, 0.29) is 5.70 Å². The van der Waals surface area contributed by atoms with Gasteiger partial charge < -0.3 is 16.8 Å². The van der Waals surface area contributed by atoms with Crippen molar-refractivity contribution < 1.29 is 9.18 Å². The second kappa shape index (κ2) is 2.61. The molecule has 4 nitrogen and oxygen atoms in total. The van der Waals surface area contributed by atoms with Gasteiger partial charge in [0.25, 0.3) is 0 Å². The number of hydrogen-bond acceptors (Lipinski definition) is 3. The lowest BCUT2D eigenvalue weighted by atomic mass is 10.1. The summed E-state index contributed by atoms with van der Waals surface area (Å²) < 4.78 is 12.4. The molecular formula is C6H8FN3O. The fourth-order valence-electron chi connectivity index (χ4n) is 0.790. The van der Waals surface area contributed by atoms with Crippen molar-refractivity contribution in [1.29, 1.82) is 0 Å². The van der Waals surface area contributed by atoms with Crippen LogP contribution in [0.4, 0.5) is 4.39 Å². The van der Waals surface area contributed by atoms with Crippen LogP contribution < -0.4 is 16.8 Å². The molecule has 5 heteroatoms. The highest BCUT2D eigenvalue weighted by atomic mass is 19.1. The smallest absolute Gasteiger partial charge is 0.246 e. The van der Waals surface area contributed by atoms with Crippen molar-refractivity contribution in [3.05, 3.63) is 23.8 Å². The van der Waals surface area contributed by atoms with Gasteiger partial charge in [0.15, 0.2) is 0 Å². The summed E-state index contributed by atoms with van der Waals surface area (Å²) >= 11 is 0. The van der Waals surface area contributed by atoms with Gasteiger partial charge in [-0.2, -0.15) is 0 Å². The minimum atomic E-state index is -0.783. The number of nitrogens with two attached hydrogens (primary N) is 2. The van der Waals surface area contributed by atoms with E-state index in [4.69, 9.17) is 11.5 Å². The molecule has 1 unspecified atom stereocenters. The highest BCUT2D eigenvalue weighted by molar-refractivity contribution is 5.83. The molecule has 0 aliphatic carbocycles. The molecule has 0 aromatic rings. The van der Waals surface area contributed by atoms with Crippen LogP contribution in [-0.4, -0.2) is 11.9 Å². The molecule has 1 rings (SSSR count). The van der Waals surface area contributed by atoms with Crippen molar-refractivity contribution in [2.75, 3.05) is 0 Å². The first-order valence-electron chi connectivity index (χ1n) is 2.99. The first kappa shape index (κ1) is 7.59. The van der Waals surface area contributed by atoms with Crippen molar-refractivity contribution in [1.82, 2.24) is 5.32 Å². The van der Waals surface area contributed by atoms with E-state index < -0.39 is 17.8 Å². The Morgan fingerprint density at radius 1 is 1.73 bits per heavy atom. The molecule has 1 heterocycles. The van der Waals surface area contributed by atoms with Crippen molar-refractivity contribution >= 4 is 5.91 Å². The van der Waals surface area contributed by atoms with Crippen molar-refractivity contribution in [3.63, 3.8) is 0 Å². The normalized spacial score (nSPS) is 23.2. The molecule has 5 N–H and O–H groups in total. The van der Waals surface area contributed by atoms with E-state index in [1.165, 1.54) is 0 Å². The first-order valence-corrected chi connectivity index (χ1v) is 2.99. The Balaban J connectivity index is 2.80. The van der Waals surface area contributed by atoms with Gasteiger partial charge in [0, 0.05) is 11.9 Å². The molecule has 0 spiro atoms. The molecule has 1 aliphatic rings. The Bertz CT molecular complexity index is 246. The van der Waals surface area contributed by atoms with E-state index in [0.29, 0.717) is 0 Å². The van der Waals surface area contributed by atoms with Crippen molar-refractivity contribution in [2.24, 2.45) is 11.5 Å². The van der Waals surface area contributed by atoms with E-state index >= 15 is 0 Å². The maximum Gasteiger partial charge on any atom is 0.246 e. The van der Waals surface area contributed by atoms with Gasteiger partial charge >= 0.3 is 0 Å². The van der Waals surface area contributed by atoms with Crippen molar-refractivity contribution in [3.8, 4) is 0 Å². The minimum absolute atomic E-state index is 0.0949. The molecule has 1 amide bonds. The Morgan fingerprint density at radius 3 is 2.82 bits per heavy atom. The number of nitrogens with one attached hydrogen (secondary N) is 1. The van der Waals surface area contributed by atoms with Gasteiger partial charge in [-0.05, 0) is 6.08 Å². The number of carbonyl (C=O) groups excluding carboxylic acids is 1. The Labute approximate surface area is 62.7 Å². The zero-order valence-electron chi connectivity index (χ0n) is 5.67. The molecule has 0 saturated carbocycles. The van der Waals surface area contributed by atoms with Gasteiger partial charge in [-0.1, -0.05) is 0 Å². The largest absolute Gasteiger partial charge is 0.400 e. The molecule has 0 radical (unpaired) electrons. The van der Waals surface area contributed by atoms with E-state index in [1.54, 1.807) is 0 Å². The summed E-state index contributed by atoms with van der Waals surface area (Å²) in [4.78, 5) is 10.6. The molecule has 60 valence electrons. The van der Waals surface area contributed by atoms with Gasteiger partial charge in [-0.3, -0.25) is 4.79 Å². The molecule has 11 heavy (non-hydrogen) atoms. The SMILES string of the molecule is NC(=O)C1NC=C(F)C=C1N. The Morgan fingerprint density at radius 2 is 2.36 bits per heavy atom. The highest BCUT2D eigenvalue weighted by Gasteiger charge is 2.19. The number of allylic oxidation sites excluding steroid dienone is 2. The number of hydrogen-bond donors (Lipinski definition) is 3. The predicted octanol–water partition coefficient (Wildman–Crippen LogP) is -0.903. The summed E-state index contributed by atoms with van der Waals surface area (Å²) in [5.74, 6) is -1.14. The van der Waals surface area contributed by atoms with E-state index in [0.717, 1.165) is 12.3 Å². The third kappa shape index (κ3) is 1.49. The number of carbonyl (C=O) groups is 1. The van der Waals surface area contributed by atoms with Gasteiger partial charge in [-0.25, -0.2) is 4.39 Å². The Kier molecular flexibility index (Phi) is 1.80. The third-order valence-electron chi connectivity index (χ3n) is 1.31. The number of rotatable bonds is 1. The van der Waals surface area contributed by atoms with Crippen molar-refractivity contribution in [2.45, 2.75) is 6.04 Å². The number of halogens is 1. The molecule has 0 fully saturated rings. The van der Waals surface area contributed by atoms with Crippen LogP contribution in [-0.2, 0) is 4.79 Å². The molecule has 0 saturated heterocycles. The highest BCUT2D eigenvalue weighted by Crippen LogP contribution is 2.08. The van der Waals surface area contributed by atoms with Gasteiger partial charge in [0.05, 0.1) is 0 Å². The lowest BCUT2D eigenvalue weighted by Gasteiger charge is -2.17. The number of primary amides is 1. The fraction of sp³-hybridized carbons (Fsp3) is 0.167. The third-order valence-corrected chi connectivity index (χ3v) is 1.31. The van der Waals surface area contributed by atoms with Crippen LogP contribution in [0.25, 0.3) is 0 Å². The van der Waals surface area contributed by atoms with Gasteiger partial charge in [0.2, 0.25) is 5.91 Å². The van der Waals surface area contributed by atoms with Crippen LogP contribution in [0.3, 0.4) is 0 Å². The summed E-state index contributed by atoms with van der Waals surface area (Å²) in [6.45, 7) is 0. The van der Waals surface area contributed by atoms with Crippen LogP contribution in [0.15, 0.2) is 23.8 Å². The zero-order valence-corrected chi connectivity index (χ0v) is 5.67. The number of amides is 1. The second-order valence-corrected chi connectivity index (χ2v) is 2.18. The van der Waals surface area contributed by atoms with Crippen LogP contribution in [0.1, 0.15) is 0 Å². The average molecular weight is 157 g/mol. The standard InChI is InChI=1S/C6H8FN3O/c7-3-1-4(8)5(6(9)11)10-2-3/h1-2,5,10H,8H2,(H2,9,11). The molecule has 0 aromatic carbocycles. The summed E-state index contributed by atoms with van der Waals surface area (Å²) in [6.07, 6.45) is 2.11. The quantitative estimate of drug-likeness (QED) is 0.461. The first-order chi connectivity index (χ1) is 5.11. The maximum atomic E-state index is 12.4. The fourth-order valence-corrected chi connectivity index (χ4v) is 0.790. The summed E-state index contributed by atoms with van der Waals surface area (Å²) in [7, 11) is 0. The second-order valence-electron chi connectivity index (χ2n) is 2.18. The van der Waals surface area contributed by atoms with Gasteiger partial charge in [-0.15, -0.1) is 0 Å². The van der Waals surface area contributed by atoms with E-state index in [2.05, 4.69) is 5.32 Å². The molecule has 1 aliphatic heterocycles. The van der Waals surface area contributed by atoms with Crippen LogP contribution in [0, 0.1) is 0 Å². The monoisotopic (exact) mass is 157 g/mol. The topological polar surface area (TPSA) is 81.1 Å². The molecule has 0 aromatic heterocycles. The lowest BCUT2D eigenvalue weighted by Crippen LogP contribution is -2.44. The summed E-state index contributed by atoms with van der Waals surface area (Å²) in [6, 6.07) is -0.783. The minimum Gasteiger partial charge on any atom is -0.400 e. The predicted molar refractivity (Wildman–Crippen MR) is 37.6 cm³/mol. The molecular weight excluding hydrogens is 149 g/mol. The lowest BCUT2D eigenvalue weighted by molar-refractivity contribution is -0.119. The van der Waals surface area contributed by atoms with Crippen LogP contribution in [0.2, 0.25) is 0 Å². The molecule has 0 bridgehead atoms.